The quantitative estimate of drug-likeness (QED) is 0.758. The normalized spacial score (nSPS) is 19.4. The monoisotopic (exact) mass is 374 g/mol. The number of hydrogen-bond acceptors (Lipinski definition) is 7. The smallest absolute Gasteiger partial charge is 0.283 e. The fraction of sp³-hybridized carbons (Fsp3) is 0.190. The number of fused-ring (bicyclic) bond motifs is 4. The fourth-order valence-corrected chi connectivity index (χ4v) is 3.79. The van der Waals surface area contributed by atoms with Gasteiger partial charge < -0.3 is 19.9 Å². The van der Waals surface area contributed by atoms with Crippen molar-refractivity contribution in [2.75, 3.05) is 13.7 Å². The molecule has 28 heavy (non-hydrogen) atoms. The first kappa shape index (κ1) is 16.7. The summed E-state index contributed by atoms with van der Waals surface area (Å²) >= 11 is 0. The Balaban J connectivity index is 1.71. The van der Waals surface area contributed by atoms with Crippen LogP contribution in [0.5, 0.6) is 11.5 Å². The molecule has 3 heterocycles. The maximum atomic E-state index is 6.19. The van der Waals surface area contributed by atoms with Gasteiger partial charge in [-0.1, -0.05) is 12.1 Å². The highest BCUT2D eigenvalue weighted by Crippen LogP contribution is 2.51. The Morgan fingerprint density at radius 3 is 2.50 bits per heavy atom. The lowest BCUT2D eigenvalue weighted by Gasteiger charge is -2.34. The predicted molar refractivity (Wildman–Crippen MR) is 103 cm³/mol. The zero-order chi connectivity index (χ0) is 19.1. The van der Waals surface area contributed by atoms with Crippen LogP contribution in [-0.2, 0) is 21.6 Å². The third-order valence-corrected chi connectivity index (χ3v) is 5.07. The van der Waals surface area contributed by atoms with Crippen molar-refractivity contribution in [1.29, 1.82) is 0 Å². The van der Waals surface area contributed by atoms with Crippen LogP contribution in [0.3, 0.4) is 0 Å². The number of methoxy groups -OCH3 is 1. The largest absolute Gasteiger partial charge is 0.462 e. The summed E-state index contributed by atoms with van der Waals surface area (Å²) in [5.74, 6) is 1.47. The zero-order valence-electron chi connectivity index (χ0n) is 15.3. The zero-order valence-corrected chi connectivity index (χ0v) is 15.3. The predicted octanol–water partition coefficient (Wildman–Crippen LogP) is 2.98. The van der Waals surface area contributed by atoms with Gasteiger partial charge in [-0.25, -0.2) is 15.0 Å². The summed E-state index contributed by atoms with van der Waals surface area (Å²) in [7, 11) is 1.67. The molecule has 1 atom stereocenters. The molecule has 2 aliphatic rings. The molecule has 0 bridgehead atoms. The van der Waals surface area contributed by atoms with E-state index in [1.54, 1.807) is 19.5 Å². The van der Waals surface area contributed by atoms with Gasteiger partial charge in [0.2, 0.25) is 0 Å². The Labute approximate surface area is 161 Å². The fourth-order valence-electron chi connectivity index (χ4n) is 3.79. The highest BCUT2D eigenvalue weighted by Gasteiger charge is 2.47. The number of nitrogens with zero attached hydrogens (tertiary/aromatic N) is 3. The van der Waals surface area contributed by atoms with Crippen molar-refractivity contribution < 1.29 is 14.2 Å². The van der Waals surface area contributed by atoms with Crippen molar-refractivity contribution in [3.8, 4) is 22.6 Å². The van der Waals surface area contributed by atoms with E-state index in [0.717, 1.165) is 39.3 Å². The van der Waals surface area contributed by atoms with Gasteiger partial charge in [0.1, 0.15) is 24.4 Å². The minimum absolute atomic E-state index is 0.171. The van der Waals surface area contributed by atoms with E-state index in [4.69, 9.17) is 24.9 Å². The van der Waals surface area contributed by atoms with Crippen molar-refractivity contribution in [3.63, 3.8) is 0 Å². The van der Waals surface area contributed by atoms with Crippen molar-refractivity contribution >= 4 is 6.02 Å². The van der Waals surface area contributed by atoms with Gasteiger partial charge in [0, 0.05) is 36.2 Å². The summed E-state index contributed by atoms with van der Waals surface area (Å²) in [5.41, 5.74) is 9.91. The average molecular weight is 374 g/mol. The van der Waals surface area contributed by atoms with Gasteiger partial charge >= 0.3 is 0 Å². The average Bonchev–Trinajstić information content (AvgIpc) is 3.12. The lowest BCUT2D eigenvalue weighted by molar-refractivity contribution is 0.184. The summed E-state index contributed by atoms with van der Waals surface area (Å²) in [6.45, 7) is 0.811. The van der Waals surface area contributed by atoms with Crippen molar-refractivity contribution in [3.05, 3.63) is 71.8 Å². The molecule has 0 amide bonds. The number of ether oxygens (including phenoxy) is 3. The molecule has 1 spiro atoms. The summed E-state index contributed by atoms with van der Waals surface area (Å²) in [6, 6.07) is 12.1. The minimum atomic E-state index is -0.762. The Hall–Kier alpha value is -3.45. The van der Waals surface area contributed by atoms with Gasteiger partial charge in [-0.15, -0.1) is 0 Å². The van der Waals surface area contributed by atoms with Gasteiger partial charge in [-0.3, -0.25) is 0 Å². The van der Waals surface area contributed by atoms with Crippen molar-refractivity contribution in [2.45, 2.75) is 12.1 Å². The van der Waals surface area contributed by atoms with E-state index in [1.165, 1.54) is 6.33 Å². The Morgan fingerprint density at radius 1 is 1.04 bits per heavy atom. The van der Waals surface area contributed by atoms with Crippen LogP contribution >= 0.6 is 0 Å². The maximum Gasteiger partial charge on any atom is 0.283 e. The molecule has 7 heteroatoms. The third kappa shape index (κ3) is 2.51. The molecule has 2 N–H and O–H groups in total. The van der Waals surface area contributed by atoms with Crippen LogP contribution in [-0.4, -0.2) is 29.7 Å². The van der Waals surface area contributed by atoms with E-state index in [2.05, 4.69) is 9.97 Å². The molecule has 2 aromatic carbocycles. The molecule has 3 aromatic rings. The summed E-state index contributed by atoms with van der Waals surface area (Å²) < 4.78 is 17.1. The van der Waals surface area contributed by atoms with E-state index in [1.807, 2.05) is 36.4 Å². The van der Waals surface area contributed by atoms with Gasteiger partial charge in [0.05, 0.1) is 6.61 Å². The minimum Gasteiger partial charge on any atom is -0.462 e. The highest BCUT2D eigenvalue weighted by atomic mass is 16.5. The van der Waals surface area contributed by atoms with Gasteiger partial charge in [-0.2, -0.15) is 0 Å². The van der Waals surface area contributed by atoms with Gasteiger partial charge in [0.25, 0.3) is 6.02 Å². The molecule has 0 saturated heterocycles. The number of amidine groups is 1. The first-order valence-corrected chi connectivity index (χ1v) is 8.88. The van der Waals surface area contributed by atoms with E-state index in [-0.39, 0.29) is 6.02 Å². The molecule has 5 rings (SSSR count). The maximum absolute atomic E-state index is 6.19. The lowest BCUT2D eigenvalue weighted by Crippen LogP contribution is -2.31. The molecule has 140 valence electrons. The molecule has 1 aromatic heterocycles. The summed E-state index contributed by atoms with van der Waals surface area (Å²) in [4.78, 5) is 12.9. The second-order valence-electron chi connectivity index (χ2n) is 6.80. The molecular weight excluding hydrogens is 356 g/mol. The van der Waals surface area contributed by atoms with E-state index in [9.17, 15) is 0 Å². The van der Waals surface area contributed by atoms with Gasteiger partial charge in [0.15, 0.2) is 5.54 Å². The van der Waals surface area contributed by atoms with Crippen molar-refractivity contribution in [2.24, 2.45) is 10.7 Å². The second-order valence-corrected chi connectivity index (χ2v) is 6.80. The van der Waals surface area contributed by atoms with Crippen LogP contribution in [0.15, 0.2) is 60.1 Å². The third-order valence-electron chi connectivity index (χ3n) is 5.07. The molecule has 0 saturated carbocycles. The first-order valence-electron chi connectivity index (χ1n) is 8.88. The lowest BCUT2D eigenvalue weighted by atomic mass is 9.80. The number of aromatic nitrogens is 2. The Morgan fingerprint density at radius 2 is 1.79 bits per heavy atom. The second kappa shape index (κ2) is 6.31. The van der Waals surface area contributed by atoms with E-state index < -0.39 is 5.54 Å². The summed E-state index contributed by atoms with van der Waals surface area (Å²) in [6.07, 6.45) is 5.06. The van der Waals surface area contributed by atoms with Crippen LogP contribution in [0.4, 0.5) is 0 Å². The highest BCUT2D eigenvalue weighted by molar-refractivity contribution is 5.77. The Bertz CT molecular complexity index is 1080. The standard InChI is InChI=1S/C21H18N4O3/c1-26-10-13-2-4-18-16(6-13)21(11-27-20(22)25-21)17-7-14(3-5-19(17)28-18)15-8-23-12-24-9-15/h2-9,12H,10-11H2,1H3,(H2,22,25)/t21-/m0/s1. The molecule has 0 unspecified atom stereocenters. The van der Waals surface area contributed by atoms with Crippen LogP contribution in [0, 0.1) is 0 Å². The number of nitrogens with two attached hydrogens (primary N) is 1. The number of rotatable bonds is 3. The number of benzene rings is 2. The van der Waals surface area contributed by atoms with Crippen molar-refractivity contribution in [1.82, 2.24) is 9.97 Å². The summed E-state index contributed by atoms with van der Waals surface area (Å²) in [5, 5.41) is 0. The van der Waals surface area contributed by atoms with E-state index in [0.29, 0.717) is 13.2 Å². The van der Waals surface area contributed by atoms with E-state index >= 15 is 0 Å². The molecule has 0 fully saturated rings. The molecule has 0 radical (unpaired) electrons. The number of aliphatic imine (C=N–C) groups is 1. The molecule has 0 aliphatic carbocycles. The van der Waals surface area contributed by atoms with Gasteiger partial charge in [-0.05, 0) is 35.4 Å². The van der Waals surface area contributed by atoms with Crippen LogP contribution in [0.1, 0.15) is 16.7 Å². The van der Waals surface area contributed by atoms with Crippen LogP contribution < -0.4 is 10.5 Å². The number of hydrogen-bond donors (Lipinski definition) is 1. The Kier molecular flexibility index (Phi) is 3.77. The SMILES string of the molecule is COCc1ccc2c(c1)[C@@]1(COC(N)=N1)c1cc(-c3cncnc3)ccc1O2. The topological polar surface area (TPSA) is 91.9 Å². The van der Waals surface area contributed by atoms with Crippen LogP contribution in [0.2, 0.25) is 0 Å². The van der Waals surface area contributed by atoms with Crippen LogP contribution in [0.25, 0.3) is 11.1 Å². The first-order chi connectivity index (χ1) is 13.7. The molecule has 2 aliphatic heterocycles. The molecular formula is C21H18N4O3. The molecule has 7 nitrogen and oxygen atoms in total.